The molecule has 4 N–H and O–H groups in total. The lowest BCUT2D eigenvalue weighted by atomic mass is 9.83. The van der Waals surface area contributed by atoms with E-state index in [1.165, 1.54) is 0 Å². The molecule has 0 heterocycles. The van der Waals surface area contributed by atoms with Crippen LogP contribution in [0.4, 0.5) is 0 Å². The molecule has 0 saturated heterocycles. The summed E-state index contributed by atoms with van der Waals surface area (Å²) in [6.45, 7) is 3.92. The van der Waals surface area contributed by atoms with Gasteiger partial charge in [0.1, 0.15) is 5.75 Å². The molecule has 1 aromatic carbocycles. The van der Waals surface area contributed by atoms with Gasteiger partial charge in [0.25, 0.3) is 0 Å². The van der Waals surface area contributed by atoms with Gasteiger partial charge in [-0.2, -0.15) is 0 Å². The summed E-state index contributed by atoms with van der Waals surface area (Å²) in [5.74, 6) is 0.110. The molecule has 1 aromatic rings. The van der Waals surface area contributed by atoms with Gasteiger partial charge in [0.15, 0.2) is 0 Å². The van der Waals surface area contributed by atoms with Crippen LogP contribution < -0.4 is 5.32 Å². The van der Waals surface area contributed by atoms with Gasteiger partial charge in [-0.15, -0.1) is 0 Å². The van der Waals surface area contributed by atoms with E-state index in [0.717, 1.165) is 24.0 Å². The molecule has 2 rings (SSSR count). The third kappa shape index (κ3) is 2.36. The van der Waals surface area contributed by atoms with Crippen molar-refractivity contribution in [3.8, 4) is 5.75 Å². The smallest absolute Gasteiger partial charge is 0.121 e. The first-order valence-corrected chi connectivity index (χ1v) is 6.43. The van der Waals surface area contributed by atoms with Crippen LogP contribution in [-0.4, -0.2) is 27.4 Å². The lowest BCUT2D eigenvalue weighted by Gasteiger charge is -2.33. The molecular weight excluding hydrogens is 230 g/mol. The zero-order valence-corrected chi connectivity index (χ0v) is 10.8. The minimum absolute atomic E-state index is 0.0357. The third-order valence-corrected chi connectivity index (χ3v) is 3.55. The first-order chi connectivity index (χ1) is 8.54. The number of fused-ring (bicyclic) bond motifs is 1. The molecule has 0 bridgehead atoms. The fourth-order valence-corrected chi connectivity index (χ4v) is 2.72. The van der Waals surface area contributed by atoms with E-state index < -0.39 is 6.10 Å². The molecule has 0 aliphatic heterocycles. The summed E-state index contributed by atoms with van der Waals surface area (Å²) < 4.78 is 0. The Morgan fingerprint density at radius 1 is 1.39 bits per heavy atom. The Morgan fingerprint density at radius 3 is 2.72 bits per heavy atom. The molecule has 0 fully saturated rings. The fourth-order valence-electron chi connectivity index (χ4n) is 2.72. The largest absolute Gasteiger partial charge is 0.508 e. The minimum Gasteiger partial charge on any atom is -0.508 e. The van der Waals surface area contributed by atoms with Crippen LogP contribution in [0.5, 0.6) is 5.75 Å². The molecule has 1 aliphatic carbocycles. The highest BCUT2D eigenvalue weighted by molar-refractivity contribution is 5.46. The molecule has 100 valence electrons. The van der Waals surface area contributed by atoms with Crippen molar-refractivity contribution in [1.29, 1.82) is 0 Å². The summed E-state index contributed by atoms with van der Waals surface area (Å²) in [7, 11) is 0. The average Bonchev–Trinajstić information content (AvgIpc) is 2.32. The van der Waals surface area contributed by atoms with E-state index in [1.807, 2.05) is 0 Å². The van der Waals surface area contributed by atoms with Crippen LogP contribution in [0.2, 0.25) is 0 Å². The zero-order valence-electron chi connectivity index (χ0n) is 10.8. The van der Waals surface area contributed by atoms with Crippen molar-refractivity contribution in [2.24, 2.45) is 0 Å². The van der Waals surface area contributed by atoms with Crippen molar-refractivity contribution in [3.05, 3.63) is 28.8 Å². The molecular formula is C14H21NO3. The van der Waals surface area contributed by atoms with Crippen LogP contribution in [0.15, 0.2) is 12.1 Å². The van der Waals surface area contributed by atoms with E-state index in [2.05, 4.69) is 19.2 Å². The molecule has 1 aliphatic rings. The van der Waals surface area contributed by atoms with Gasteiger partial charge in [0.05, 0.1) is 12.7 Å². The fraction of sp³-hybridized carbons (Fsp3) is 0.571. The summed E-state index contributed by atoms with van der Waals surface area (Å²) in [5, 5.41) is 32.7. The second kappa shape index (κ2) is 5.26. The normalized spacial score (nSPS) is 23.2. The maximum Gasteiger partial charge on any atom is 0.121 e. The number of nitrogens with one attached hydrogen (secondary N) is 1. The maximum atomic E-state index is 10.4. The number of hydrogen-bond acceptors (Lipinski definition) is 4. The number of hydrogen-bond donors (Lipinski definition) is 4. The monoisotopic (exact) mass is 251 g/mol. The summed E-state index contributed by atoms with van der Waals surface area (Å²) in [6, 6.07) is 3.66. The molecule has 18 heavy (non-hydrogen) atoms. The lowest BCUT2D eigenvalue weighted by Crippen LogP contribution is -2.42. The Kier molecular flexibility index (Phi) is 3.90. The molecule has 4 heteroatoms. The van der Waals surface area contributed by atoms with Gasteiger partial charge < -0.3 is 20.6 Å². The molecule has 0 spiro atoms. The van der Waals surface area contributed by atoms with Crippen LogP contribution in [0.3, 0.4) is 0 Å². The molecule has 2 atom stereocenters. The van der Waals surface area contributed by atoms with Gasteiger partial charge >= 0.3 is 0 Å². The Balaban J connectivity index is 2.33. The third-order valence-electron chi connectivity index (χ3n) is 3.55. The number of aromatic hydroxyl groups is 1. The first-order valence-electron chi connectivity index (χ1n) is 6.43. The standard InChI is InChI=1S/C14H21NO3/c1-8(2)15-12-5-3-9-10(14(12)18)4-6-13(17)11(9)7-16/h4,6,8,12,14-18H,3,5,7H2,1-2H3/t12-,14+/m1/s1. The predicted octanol–water partition coefficient (Wildman–Crippen LogP) is 1.23. The van der Waals surface area contributed by atoms with Gasteiger partial charge in [0, 0.05) is 17.6 Å². The van der Waals surface area contributed by atoms with Crippen LogP contribution in [-0.2, 0) is 13.0 Å². The second-order valence-electron chi connectivity index (χ2n) is 5.20. The molecule has 4 nitrogen and oxygen atoms in total. The number of aliphatic hydroxyl groups is 2. The summed E-state index contributed by atoms with van der Waals surface area (Å²) in [6.07, 6.45) is 0.992. The van der Waals surface area contributed by atoms with Crippen molar-refractivity contribution in [2.75, 3.05) is 0 Å². The highest BCUT2D eigenvalue weighted by Crippen LogP contribution is 2.35. The Hall–Kier alpha value is -1.10. The van der Waals surface area contributed by atoms with Gasteiger partial charge in [0.2, 0.25) is 0 Å². The van der Waals surface area contributed by atoms with Gasteiger partial charge in [-0.3, -0.25) is 0 Å². The molecule has 0 amide bonds. The van der Waals surface area contributed by atoms with Crippen molar-refractivity contribution in [2.45, 2.75) is 51.5 Å². The SMILES string of the molecule is CC(C)N[C@@H]1CCc2c(ccc(O)c2CO)[C@@H]1O. The highest BCUT2D eigenvalue weighted by atomic mass is 16.3. The first kappa shape index (κ1) is 13.3. The maximum absolute atomic E-state index is 10.4. The van der Waals surface area contributed by atoms with Crippen molar-refractivity contribution in [3.63, 3.8) is 0 Å². The molecule has 0 radical (unpaired) electrons. The zero-order chi connectivity index (χ0) is 13.3. The lowest BCUT2D eigenvalue weighted by molar-refractivity contribution is 0.110. The molecule has 0 unspecified atom stereocenters. The summed E-state index contributed by atoms with van der Waals surface area (Å²) >= 11 is 0. The van der Waals surface area contributed by atoms with Crippen LogP contribution >= 0.6 is 0 Å². The summed E-state index contributed by atoms with van der Waals surface area (Å²) in [5.41, 5.74) is 2.27. The van der Waals surface area contributed by atoms with E-state index in [4.69, 9.17) is 0 Å². The predicted molar refractivity (Wildman–Crippen MR) is 69.4 cm³/mol. The van der Waals surface area contributed by atoms with E-state index in [1.54, 1.807) is 12.1 Å². The highest BCUT2D eigenvalue weighted by Gasteiger charge is 2.30. The summed E-state index contributed by atoms with van der Waals surface area (Å²) in [4.78, 5) is 0. The number of benzene rings is 1. The molecule has 0 aromatic heterocycles. The van der Waals surface area contributed by atoms with Gasteiger partial charge in [-0.25, -0.2) is 0 Å². The van der Waals surface area contributed by atoms with E-state index >= 15 is 0 Å². The van der Waals surface area contributed by atoms with E-state index in [-0.39, 0.29) is 18.4 Å². The Labute approximate surface area is 107 Å². The van der Waals surface area contributed by atoms with Crippen molar-refractivity contribution >= 4 is 0 Å². The Morgan fingerprint density at radius 2 is 2.11 bits per heavy atom. The van der Waals surface area contributed by atoms with Crippen molar-refractivity contribution in [1.82, 2.24) is 5.32 Å². The number of aliphatic hydroxyl groups excluding tert-OH is 2. The average molecular weight is 251 g/mol. The topological polar surface area (TPSA) is 72.7 Å². The number of rotatable bonds is 3. The number of phenols is 1. The van der Waals surface area contributed by atoms with Crippen molar-refractivity contribution < 1.29 is 15.3 Å². The quantitative estimate of drug-likeness (QED) is 0.652. The van der Waals surface area contributed by atoms with E-state index in [9.17, 15) is 15.3 Å². The van der Waals surface area contributed by atoms with Gasteiger partial charge in [-0.1, -0.05) is 19.9 Å². The van der Waals surface area contributed by atoms with Crippen LogP contribution in [0.1, 0.15) is 43.1 Å². The van der Waals surface area contributed by atoms with Gasteiger partial charge in [-0.05, 0) is 30.0 Å². The Bertz CT molecular complexity index is 431. The molecule has 0 saturated carbocycles. The van der Waals surface area contributed by atoms with Crippen LogP contribution in [0.25, 0.3) is 0 Å². The second-order valence-corrected chi connectivity index (χ2v) is 5.20. The van der Waals surface area contributed by atoms with Crippen LogP contribution in [0, 0.1) is 0 Å². The van der Waals surface area contributed by atoms with E-state index in [0.29, 0.717) is 11.6 Å². The minimum atomic E-state index is -0.581.